The first-order valence-corrected chi connectivity index (χ1v) is 33.6. The molecule has 86 heavy (non-hydrogen) atoms. The van der Waals surface area contributed by atoms with Gasteiger partial charge in [-0.2, -0.15) is 0 Å². The molecular weight excluding hydrogens is 1090 g/mol. The van der Waals surface area contributed by atoms with E-state index in [2.05, 4.69) is 93.7 Å². The molecule has 0 unspecified atom stereocenters. The predicted molar refractivity (Wildman–Crippen MR) is 349 cm³/mol. The minimum atomic E-state index is -0.546. The van der Waals surface area contributed by atoms with Crippen LogP contribution in [0.25, 0.3) is 0 Å². The van der Waals surface area contributed by atoms with E-state index in [1.165, 1.54) is 0 Å². The largest absolute Gasteiger partial charge is 0.444 e. The number of Topliss-reactive ketones (excluding diaryl/α,β-unsaturated/α-hetero) is 5. The number of hydrogen-bond acceptors (Lipinski definition) is 13. The van der Waals surface area contributed by atoms with Crippen molar-refractivity contribution in [1.82, 2.24) is 25.3 Å². The van der Waals surface area contributed by atoms with Crippen LogP contribution < -0.4 is 22.1 Å². The maximum Gasteiger partial charge on any atom is 0.410 e. The molecular formula is C69H129N7O10. The number of nitrogens with zero attached hydrogens (tertiary/aromatic N) is 3. The molecule has 17 heteroatoms. The van der Waals surface area contributed by atoms with Crippen molar-refractivity contribution in [2.45, 2.75) is 309 Å². The van der Waals surface area contributed by atoms with Crippen molar-refractivity contribution >= 4 is 52.7 Å². The lowest BCUT2D eigenvalue weighted by atomic mass is 9.95. The second kappa shape index (κ2) is 42.0. The van der Waals surface area contributed by atoms with Gasteiger partial charge >= 0.3 is 6.09 Å². The maximum absolute atomic E-state index is 12.4. The fourth-order valence-corrected chi connectivity index (χ4v) is 10.1. The van der Waals surface area contributed by atoms with Crippen molar-refractivity contribution in [1.29, 1.82) is 0 Å². The monoisotopic (exact) mass is 1220 g/mol. The lowest BCUT2D eigenvalue weighted by Crippen LogP contribution is -2.50. The maximum atomic E-state index is 12.4. The molecule has 500 valence electrons. The van der Waals surface area contributed by atoms with Crippen molar-refractivity contribution in [2.24, 2.45) is 64.7 Å². The highest BCUT2D eigenvalue weighted by atomic mass is 16.6. The number of rotatable bonds is 27. The van der Waals surface area contributed by atoms with E-state index >= 15 is 0 Å². The van der Waals surface area contributed by atoms with E-state index < -0.39 is 23.7 Å². The fraction of sp³-hybridized carbons (Fsp3) is 0.870. The molecule has 0 saturated carbocycles. The summed E-state index contributed by atoms with van der Waals surface area (Å²) in [4.78, 5) is 113. The molecule has 4 aliphatic heterocycles. The van der Waals surface area contributed by atoms with Crippen LogP contribution in [0.4, 0.5) is 4.79 Å². The van der Waals surface area contributed by atoms with Gasteiger partial charge in [-0.3, -0.25) is 43.3 Å². The normalized spacial score (nSPS) is 20.0. The van der Waals surface area contributed by atoms with Crippen LogP contribution in [0, 0.1) is 53.3 Å². The molecule has 0 aromatic heterocycles. The summed E-state index contributed by atoms with van der Waals surface area (Å²) in [5.74, 6) is 4.25. The van der Waals surface area contributed by atoms with Crippen LogP contribution in [0.3, 0.4) is 0 Å². The van der Waals surface area contributed by atoms with Crippen LogP contribution in [0.15, 0.2) is 0 Å². The number of amides is 4. The van der Waals surface area contributed by atoms with Crippen LogP contribution >= 0.6 is 0 Å². The molecule has 4 saturated heterocycles. The lowest BCUT2D eigenvalue weighted by Gasteiger charge is -2.28. The molecule has 6 N–H and O–H groups in total. The molecule has 0 radical (unpaired) electrons. The van der Waals surface area contributed by atoms with Crippen LogP contribution in [-0.2, 0) is 43.1 Å². The van der Waals surface area contributed by atoms with E-state index in [1.54, 1.807) is 16.7 Å². The first-order chi connectivity index (χ1) is 39.8. The summed E-state index contributed by atoms with van der Waals surface area (Å²) >= 11 is 0. The first kappa shape index (κ1) is 81.9. The minimum Gasteiger partial charge on any atom is -0.444 e. The van der Waals surface area contributed by atoms with Crippen LogP contribution in [-0.4, -0.2) is 142 Å². The molecule has 17 nitrogen and oxygen atoms in total. The average Bonchev–Trinajstić information content (AvgIpc) is 4.02. The fourth-order valence-electron chi connectivity index (χ4n) is 10.1. The topological polar surface area (TPSA) is 249 Å². The van der Waals surface area contributed by atoms with Crippen LogP contribution in [0.2, 0.25) is 0 Å². The molecule has 0 bridgehead atoms. The summed E-state index contributed by atoms with van der Waals surface area (Å²) in [5, 5.41) is 5.90. The zero-order valence-electron chi connectivity index (χ0n) is 58.4. The lowest BCUT2D eigenvalue weighted by molar-refractivity contribution is -0.141. The minimum absolute atomic E-state index is 0.0125. The highest BCUT2D eigenvalue weighted by Crippen LogP contribution is 2.27. The third-order valence-electron chi connectivity index (χ3n) is 16.6. The number of ketones is 5. The number of carbonyl (C=O) groups is 9. The molecule has 4 aliphatic rings. The summed E-state index contributed by atoms with van der Waals surface area (Å²) in [5.41, 5.74) is 11.1. The average molecular weight is 1220 g/mol. The van der Waals surface area contributed by atoms with E-state index in [-0.39, 0.29) is 88.9 Å². The number of carbonyl (C=O) groups excluding carboxylic acids is 9. The van der Waals surface area contributed by atoms with Gasteiger partial charge in [0.2, 0.25) is 17.7 Å². The molecule has 0 aliphatic carbocycles. The van der Waals surface area contributed by atoms with Gasteiger partial charge in [0, 0.05) is 57.7 Å². The van der Waals surface area contributed by atoms with Gasteiger partial charge in [0.1, 0.15) is 11.4 Å². The van der Waals surface area contributed by atoms with Gasteiger partial charge in [-0.15, -0.1) is 0 Å². The van der Waals surface area contributed by atoms with Gasteiger partial charge in [0.15, 0.2) is 23.1 Å². The highest BCUT2D eigenvalue weighted by Gasteiger charge is 2.39. The van der Waals surface area contributed by atoms with Crippen molar-refractivity contribution in [3.8, 4) is 0 Å². The summed E-state index contributed by atoms with van der Waals surface area (Å²) in [6, 6.07) is -1.93. The second-order valence-corrected chi connectivity index (χ2v) is 29.2. The zero-order chi connectivity index (χ0) is 66.3. The molecule has 4 amide bonds. The number of nitrogens with two attached hydrogens (primary N) is 2. The molecule has 0 aromatic carbocycles. The number of likely N-dealkylation sites (tertiary alicyclic amines) is 3. The number of ether oxygens (including phenoxy) is 1. The van der Waals surface area contributed by atoms with Gasteiger partial charge in [-0.25, -0.2) is 4.79 Å². The van der Waals surface area contributed by atoms with Gasteiger partial charge in [-0.1, -0.05) is 118 Å². The summed E-state index contributed by atoms with van der Waals surface area (Å²) in [6.45, 7) is 45.3. The van der Waals surface area contributed by atoms with E-state index in [1.807, 2.05) is 60.3 Å². The standard InChI is InChI=1S/C16H29NO2.C15H28N2O2.C15H27NO3.C13H26N2O2.C10H19NO/c1-11(2)8-9-15(18)14-7-6-10-17(14)16(19)13(5)12(3)4;1-10(2)7-8-13(18)12-6-5-9-17(12)15(19)14(16)11(3)4;1-11(2)8-9-13(17)12-7-6-10-16(12)14(18)19-15(3,4)5;1-8(2)6-7-11(16)10(5)15-13(17)12(14)9(3)4;1-8(2)5-6-10(12)9-4-3-7-11-9/h11-14H,6-10H2,1-5H3;10-12,14H,5-9,16H2,1-4H3;11-12H,6-10H2,1-5H3;8-10,12H,6-7,14H2,1-5H3,(H,15,17);8-9,11H,3-7H2,1-2H3/t13-,14-;12-,14-;12-;10-,12-;9-/m00000/s1. The Morgan fingerprint density at radius 1 is 0.465 bits per heavy atom. The molecule has 4 rings (SSSR count). The van der Waals surface area contributed by atoms with E-state index in [4.69, 9.17) is 16.2 Å². The van der Waals surface area contributed by atoms with Gasteiger partial charge < -0.3 is 36.6 Å². The summed E-state index contributed by atoms with van der Waals surface area (Å²) in [7, 11) is 0. The van der Waals surface area contributed by atoms with Gasteiger partial charge in [-0.05, 0) is 165 Å². The van der Waals surface area contributed by atoms with Gasteiger partial charge in [0.25, 0.3) is 0 Å². The Morgan fingerprint density at radius 2 is 0.826 bits per heavy atom. The van der Waals surface area contributed by atoms with Crippen LogP contribution in [0.1, 0.15) is 261 Å². The Bertz CT molecular complexity index is 1980. The van der Waals surface area contributed by atoms with Gasteiger partial charge in [0.05, 0.1) is 42.3 Å². The third-order valence-corrected chi connectivity index (χ3v) is 16.6. The SMILES string of the molecule is CC(C)CCC(=O)[C@@H]1CCCN1.CC(C)CCC(=O)[C@@H]1CCCN1C(=O)OC(C)(C)C.CC(C)CCC(=O)[C@@H]1CCCN1C(=O)[C@@H](C)C(C)C.CC(C)CCC(=O)[C@@H]1CCCN1C(=O)[C@@H](N)C(C)C.CC(C)CCC(=O)[C@H](C)NC(=O)[C@@H](N)C(C)C. The Morgan fingerprint density at radius 3 is 1.17 bits per heavy atom. The quantitative estimate of drug-likeness (QED) is 0.0598. The van der Waals surface area contributed by atoms with E-state index in [0.29, 0.717) is 80.1 Å². The molecule has 0 spiro atoms. The van der Waals surface area contributed by atoms with Crippen LogP contribution in [0.5, 0.6) is 0 Å². The van der Waals surface area contributed by atoms with Crippen molar-refractivity contribution in [3.63, 3.8) is 0 Å². The van der Waals surface area contributed by atoms with Crippen molar-refractivity contribution in [3.05, 3.63) is 0 Å². The van der Waals surface area contributed by atoms with E-state index in [9.17, 15) is 43.2 Å². The summed E-state index contributed by atoms with van der Waals surface area (Å²) in [6.07, 6.45) is 14.7. The molecule has 0 aromatic rings. The predicted octanol–water partition coefficient (Wildman–Crippen LogP) is 11.9. The first-order valence-electron chi connectivity index (χ1n) is 33.6. The molecule has 8 atom stereocenters. The Kier molecular flexibility index (Phi) is 40.0. The Labute approximate surface area is 523 Å². The number of hydrogen-bond donors (Lipinski definition) is 4. The summed E-state index contributed by atoms with van der Waals surface area (Å²) < 4.78 is 5.36. The van der Waals surface area contributed by atoms with Crippen molar-refractivity contribution in [2.75, 3.05) is 26.2 Å². The highest BCUT2D eigenvalue weighted by molar-refractivity contribution is 5.93. The molecule has 4 heterocycles. The van der Waals surface area contributed by atoms with Crippen molar-refractivity contribution < 1.29 is 47.9 Å². The Balaban J connectivity index is 0.00000106. The van der Waals surface area contributed by atoms with E-state index in [0.717, 1.165) is 103 Å². The second-order valence-electron chi connectivity index (χ2n) is 29.2. The zero-order valence-corrected chi connectivity index (χ0v) is 58.4. The number of nitrogens with one attached hydrogen (secondary N) is 2. The smallest absolute Gasteiger partial charge is 0.410 e. The Hall–Kier alpha value is -4.09. The molecule has 4 fully saturated rings. The third kappa shape index (κ3) is 32.9.